The van der Waals surface area contributed by atoms with Crippen molar-refractivity contribution in [2.75, 3.05) is 14.7 Å². The van der Waals surface area contributed by atoms with E-state index in [9.17, 15) is 16.8 Å². The van der Waals surface area contributed by atoms with Crippen molar-refractivity contribution in [3.05, 3.63) is 358 Å². The van der Waals surface area contributed by atoms with Gasteiger partial charge >= 0.3 is 7.12 Å². The highest BCUT2D eigenvalue weighted by Gasteiger charge is 2.52. The van der Waals surface area contributed by atoms with Crippen molar-refractivity contribution < 1.29 is 26.1 Å². The summed E-state index contributed by atoms with van der Waals surface area (Å²) in [4.78, 5) is 8.16. The fourth-order valence-corrected chi connectivity index (χ4v) is 18.4. The van der Waals surface area contributed by atoms with Gasteiger partial charge < -0.3 is 24.0 Å². The summed E-state index contributed by atoms with van der Waals surface area (Å²) in [6, 6.07) is 105. The van der Waals surface area contributed by atoms with Crippen LogP contribution in [0.15, 0.2) is 344 Å². The first-order chi connectivity index (χ1) is 51.1. The van der Waals surface area contributed by atoms with Gasteiger partial charge in [-0.3, -0.25) is 0 Å². The number of hydrogen-bond donors (Lipinski definition) is 0. The van der Waals surface area contributed by atoms with E-state index in [1.54, 1.807) is 72.8 Å². The summed E-state index contributed by atoms with van der Waals surface area (Å²) in [6.45, 7) is 22.1. The molecule has 4 aliphatic heterocycles. The maximum absolute atomic E-state index is 13.9. The molecule has 0 bridgehead atoms. The minimum Gasteiger partial charge on any atom is -0.399 e. The Morgan fingerprint density at radius 1 is 0.262 bits per heavy atom. The van der Waals surface area contributed by atoms with Crippen LogP contribution in [0.5, 0.6) is 0 Å². The van der Waals surface area contributed by atoms with Gasteiger partial charge in [-0.1, -0.05) is 243 Å². The summed E-state index contributed by atoms with van der Waals surface area (Å²) in [5, 5.41) is 0. The van der Waals surface area contributed by atoms with Crippen molar-refractivity contribution in [3.8, 4) is 22.3 Å². The zero-order chi connectivity index (χ0) is 75.0. The molecule has 4 heterocycles. The molecule has 107 heavy (non-hydrogen) atoms. The topological polar surface area (TPSA) is 96.5 Å². The van der Waals surface area contributed by atoms with Crippen molar-refractivity contribution in [2.24, 2.45) is 0 Å². The molecule has 0 radical (unpaired) electrons. The van der Waals surface area contributed by atoms with Crippen LogP contribution in [0.25, 0.3) is 22.3 Å². The molecule has 0 N–H and O–H groups in total. The van der Waals surface area contributed by atoms with Gasteiger partial charge in [0.1, 0.15) is 0 Å². The minimum absolute atomic E-state index is 0.0493. The fourth-order valence-electron chi connectivity index (χ4n) is 15.4. The molecule has 0 amide bonds. The summed E-state index contributed by atoms with van der Waals surface area (Å²) in [6.07, 6.45) is 0. The first kappa shape index (κ1) is 72.7. The third-order valence-electron chi connectivity index (χ3n) is 22.1. The summed E-state index contributed by atoms with van der Waals surface area (Å²) in [5.41, 5.74) is 22.3. The van der Waals surface area contributed by atoms with Crippen LogP contribution in [-0.4, -0.2) is 35.2 Å². The molecular weight excluding hydrogens is 1490 g/mol. The van der Waals surface area contributed by atoms with Gasteiger partial charge in [-0.15, -0.1) is 0 Å². The Morgan fingerprint density at radius 3 is 0.692 bits per heavy atom. The molecule has 0 atom stereocenters. The van der Waals surface area contributed by atoms with E-state index < -0.39 is 19.7 Å². The summed E-state index contributed by atoms with van der Waals surface area (Å²) < 4.78 is 66.3. The van der Waals surface area contributed by atoms with E-state index in [1.807, 2.05) is 24.3 Å². The number of fused-ring (bicyclic) bond motifs is 6. The number of hydrogen-bond acceptors (Lipinski definition) is 9. The van der Waals surface area contributed by atoms with Gasteiger partial charge in [0.2, 0.25) is 19.7 Å². The fraction of sp³-hybridized carbons (Fsp3) is 0.161. The van der Waals surface area contributed by atoms with Crippen molar-refractivity contribution >= 4 is 115 Å². The van der Waals surface area contributed by atoms with Crippen LogP contribution in [0.4, 0.5) is 51.2 Å². The van der Waals surface area contributed by atoms with Crippen LogP contribution in [-0.2, 0) is 45.2 Å². The first-order valence-corrected chi connectivity index (χ1v) is 40.6. The van der Waals surface area contributed by atoms with Crippen molar-refractivity contribution in [1.82, 2.24) is 0 Å². The van der Waals surface area contributed by atoms with Crippen LogP contribution in [0.2, 0.25) is 0 Å². The summed E-state index contributed by atoms with van der Waals surface area (Å²) in [5.74, 6) is 0. The van der Waals surface area contributed by atoms with E-state index in [-0.39, 0.29) is 44.4 Å². The summed E-state index contributed by atoms with van der Waals surface area (Å²) in [7, 11) is -7.49. The molecular formula is C93H82BBr2N3O6S2. The van der Waals surface area contributed by atoms with Gasteiger partial charge in [-0.05, 0) is 234 Å². The number of anilines is 9. The lowest BCUT2D eigenvalue weighted by Crippen LogP contribution is -2.41. The number of benzene rings is 13. The SMILES string of the molecule is CC1(C)c2ccccc2N(c2ccc(-c3ccc(S(=O)(=O)c4ccc(-c5ccc(N6c7ccccc7C(C)(C)c7ccccc76)cc5)cc4)cc3)cc2)c2ccccc21.CC1(C)c2ccccc2N(c2ccc(B3OC(C)(C)C(C)(C)O3)cc2)c2ccccc21.O=S(=O)(c1ccc(Br)cc1)c1ccc(Br)cc1. The molecule has 17 rings (SSSR count). The average Bonchev–Trinajstić information content (AvgIpc) is 1.25. The normalized spacial score (nSPS) is 15.9. The lowest BCUT2D eigenvalue weighted by molar-refractivity contribution is 0.00578. The maximum Gasteiger partial charge on any atom is 0.494 e. The predicted octanol–water partition coefficient (Wildman–Crippen LogP) is 24.2. The molecule has 0 unspecified atom stereocenters. The zero-order valence-corrected chi connectivity index (χ0v) is 66.3. The second kappa shape index (κ2) is 28.0. The molecule has 1 fully saturated rings. The molecule has 0 aliphatic carbocycles. The van der Waals surface area contributed by atoms with E-state index in [1.165, 1.54) is 67.5 Å². The van der Waals surface area contributed by atoms with Crippen molar-refractivity contribution in [2.45, 2.75) is 116 Å². The van der Waals surface area contributed by atoms with E-state index in [0.717, 1.165) is 53.7 Å². The maximum atomic E-state index is 13.9. The molecule has 0 spiro atoms. The largest absolute Gasteiger partial charge is 0.494 e. The molecule has 14 heteroatoms. The second-order valence-corrected chi connectivity index (χ2v) is 36.0. The smallest absolute Gasteiger partial charge is 0.399 e. The van der Waals surface area contributed by atoms with E-state index >= 15 is 0 Å². The van der Waals surface area contributed by atoms with Crippen molar-refractivity contribution in [1.29, 1.82) is 0 Å². The second-order valence-electron chi connectivity index (χ2n) is 30.2. The molecule has 0 saturated carbocycles. The molecule has 0 aromatic heterocycles. The van der Waals surface area contributed by atoms with E-state index in [4.69, 9.17) is 9.31 Å². The predicted molar refractivity (Wildman–Crippen MR) is 446 cm³/mol. The molecule has 13 aromatic carbocycles. The number of para-hydroxylation sites is 6. The Balaban J connectivity index is 0.000000157. The number of halogens is 2. The number of nitrogens with zero attached hydrogens (tertiary/aromatic N) is 3. The third kappa shape index (κ3) is 13.3. The first-order valence-electron chi connectivity index (χ1n) is 36.0. The van der Waals surface area contributed by atoms with Gasteiger partial charge in [0, 0.05) is 42.3 Å². The Bertz CT molecular complexity index is 5320. The van der Waals surface area contributed by atoms with Crippen LogP contribution < -0.4 is 20.2 Å². The average molecular weight is 1570 g/mol. The third-order valence-corrected chi connectivity index (χ3v) is 26.7. The monoisotopic (exact) mass is 1570 g/mol. The lowest BCUT2D eigenvalue weighted by atomic mass is 9.73. The van der Waals surface area contributed by atoms with Gasteiger partial charge in [-0.25, -0.2) is 16.8 Å². The molecule has 1 saturated heterocycles. The Hall–Kier alpha value is -9.90. The highest BCUT2D eigenvalue weighted by atomic mass is 79.9. The van der Waals surface area contributed by atoms with Crippen LogP contribution in [0.3, 0.4) is 0 Å². The van der Waals surface area contributed by atoms with Gasteiger partial charge in [0.15, 0.2) is 0 Å². The van der Waals surface area contributed by atoms with Gasteiger partial charge in [0.05, 0.1) is 64.9 Å². The Morgan fingerprint density at radius 2 is 0.458 bits per heavy atom. The molecule has 13 aromatic rings. The Labute approximate surface area is 647 Å². The number of rotatable bonds is 10. The van der Waals surface area contributed by atoms with Gasteiger partial charge in [0.25, 0.3) is 0 Å². The van der Waals surface area contributed by atoms with Crippen LogP contribution in [0.1, 0.15) is 103 Å². The van der Waals surface area contributed by atoms with E-state index in [2.05, 4.69) is 334 Å². The highest BCUT2D eigenvalue weighted by molar-refractivity contribution is 9.10. The molecule has 9 nitrogen and oxygen atoms in total. The van der Waals surface area contributed by atoms with Crippen molar-refractivity contribution in [3.63, 3.8) is 0 Å². The van der Waals surface area contributed by atoms with Crippen LogP contribution in [0, 0.1) is 0 Å². The van der Waals surface area contributed by atoms with Crippen LogP contribution >= 0.6 is 31.9 Å². The quantitative estimate of drug-likeness (QED) is 0.124. The summed E-state index contributed by atoms with van der Waals surface area (Å²) >= 11 is 6.55. The molecule has 4 aliphatic rings. The van der Waals surface area contributed by atoms with E-state index in [0.29, 0.717) is 9.79 Å². The number of sulfone groups is 2. The van der Waals surface area contributed by atoms with Gasteiger partial charge in [-0.2, -0.15) is 0 Å². The minimum atomic E-state index is -3.73. The molecule has 534 valence electrons. The lowest BCUT2D eigenvalue weighted by Gasteiger charge is -2.42. The Kier molecular flexibility index (Phi) is 19.0. The highest BCUT2D eigenvalue weighted by Crippen LogP contribution is 2.55. The standard InChI is InChI=1S/C54H44N2O2S.C27H30BNO2.C12H8Br2O2S/c1-53(2)45-13-5-9-17-49(45)55(50-18-10-6-14-46(50)53)41-29-21-37(22-30-41)39-25-33-43(34-26-39)59(57,58)44-35-27-40(28-36-44)38-23-31-42(32-24-38)56-51-19-11-7-15-47(51)54(3,4)48-16-8-12-20-52(48)56;1-25(2)21-11-7-9-13-23(21)29(24-14-10-8-12-22(24)25)20-17-15-19(16-18-20)28-30-26(3,4)27(5,6)31-28;13-9-1-5-11(6-2-9)17(15,16)12-7-3-10(14)4-8-12/h5-36H,1-4H3;7-18H,1-6H3;1-8H. The zero-order valence-electron chi connectivity index (χ0n) is 61.5.